The molecule has 1 N–H and O–H groups in total. The Kier molecular flexibility index (Phi) is 4.74. The first-order valence-corrected chi connectivity index (χ1v) is 6.92. The van der Waals surface area contributed by atoms with Gasteiger partial charge in [-0.15, -0.1) is 11.8 Å². The second-order valence-corrected chi connectivity index (χ2v) is 5.61. The highest BCUT2D eigenvalue weighted by Gasteiger charge is 2.15. The third-order valence-corrected chi connectivity index (χ3v) is 3.72. The van der Waals surface area contributed by atoms with Crippen molar-refractivity contribution >= 4 is 23.4 Å². The van der Waals surface area contributed by atoms with Gasteiger partial charge in [0.05, 0.1) is 5.25 Å². The molecule has 1 atom stereocenters. The van der Waals surface area contributed by atoms with Gasteiger partial charge in [-0.3, -0.25) is 4.79 Å². The summed E-state index contributed by atoms with van der Waals surface area (Å²) in [6, 6.07) is 12.8. The predicted octanol–water partition coefficient (Wildman–Crippen LogP) is 4.08. The molecule has 0 radical (unpaired) electrons. The first-order chi connectivity index (χ1) is 9.56. The van der Waals surface area contributed by atoms with Gasteiger partial charge >= 0.3 is 0 Å². The van der Waals surface area contributed by atoms with Gasteiger partial charge in [-0.1, -0.05) is 18.2 Å². The van der Waals surface area contributed by atoms with Crippen molar-refractivity contribution in [3.05, 3.63) is 60.2 Å². The van der Waals surface area contributed by atoms with E-state index in [4.69, 9.17) is 0 Å². The van der Waals surface area contributed by atoms with Crippen molar-refractivity contribution in [1.29, 1.82) is 0 Å². The van der Waals surface area contributed by atoms with E-state index in [2.05, 4.69) is 5.32 Å². The average molecular weight is 293 g/mol. The van der Waals surface area contributed by atoms with Crippen LogP contribution in [0.4, 0.5) is 14.5 Å². The van der Waals surface area contributed by atoms with E-state index in [9.17, 15) is 13.6 Å². The molecule has 2 nitrogen and oxygen atoms in total. The maximum Gasteiger partial charge on any atom is 0.237 e. The van der Waals surface area contributed by atoms with Crippen molar-refractivity contribution in [3.63, 3.8) is 0 Å². The van der Waals surface area contributed by atoms with Crippen LogP contribution in [0.3, 0.4) is 0 Å². The number of halogens is 2. The molecule has 0 aliphatic rings. The molecular formula is C15H13F2NOS. The van der Waals surface area contributed by atoms with E-state index in [0.717, 1.165) is 17.0 Å². The molecule has 0 fully saturated rings. The van der Waals surface area contributed by atoms with E-state index < -0.39 is 11.6 Å². The minimum Gasteiger partial charge on any atom is -0.325 e. The smallest absolute Gasteiger partial charge is 0.237 e. The van der Waals surface area contributed by atoms with Gasteiger partial charge in [0.2, 0.25) is 5.91 Å². The first-order valence-electron chi connectivity index (χ1n) is 6.04. The van der Waals surface area contributed by atoms with E-state index in [-0.39, 0.29) is 16.8 Å². The van der Waals surface area contributed by atoms with Gasteiger partial charge in [-0.25, -0.2) is 8.78 Å². The van der Waals surface area contributed by atoms with Crippen molar-refractivity contribution in [2.24, 2.45) is 0 Å². The van der Waals surface area contributed by atoms with Crippen LogP contribution < -0.4 is 5.32 Å². The monoisotopic (exact) mass is 293 g/mol. The Morgan fingerprint density at radius 1 is 1.10 bits per heavy atom. The highest BCUT2D eigenvalue weighted by molar-refractivity contribution is 8.00. The fourth-order valence-electron chi connectivity index (χ4n) is 1.57. The first kappa shape index (κ1) is 14.5. The Hall–Kier alpha value is -1.88. The maximum absolute atomic E-state index is 13.0. The molecular weight excluding hydrogens is 280 g/mol. The lowest BCUT2D eigenvalue weighted by Crippen LogP contribution is -2.22. The summed E-state index contributed by atoms with van der Waals surface area (Å²) in [7, 11) is 0. The molecule has 0 saturated heterocycles. The van der Waals surface area contributed by atoms with Gasteiger partial charge in [0.25, 0.3) is 0 Å². The molecule has 0 spiro atoms. The number of carbonyl (C=O) groups excluding carboxylic acids is 1. The second-order valence-electron chi connectivity index (χ2n) is 4.19. The minimum absolute atomic E-state index is 0.245. The zero-order valence-electron chi connectivity index (χ0n) is 10.8. The van der Waals surface area contributed by atoms with Crippen LogP contribution in [0.5, 0.6) is 0 Å². The molecule has 0 saturated carbocycles. The van der Waals surface area contributed by atoms with Crippen LogP contribution in [0, 0.1) is 11.6 Å². The van der Waals surface area contributed by atoms with E-state index in [1.165, 1.54) is 17.8 Å². The summed E-state index contributed by atoms with van der Waals surface area (Å²) in [5, 5.41) is 2.22. The van der Waals surface area contributed by atoms with Crippen LogP contribution in [-0.2, 0) is 4.79 Å². The molecule has 0 aliphatic carbocycles. The van der Waals surface area contributed by atoms with E-state index in [1.807, 2.05) is 30.3 Å². The van der Waals surface area contributed by atoms with Gasteiger partial charge in [0.1, 0.15) is 0 Å². The van der Waals surface area contributed by atoms with E-state index in [1.54, 1.807) is 6.92 Å². The summed E-state index contributed by atoms with van der Waals surface area (Å²) in [6.07, 6.45) is 0. The van der Waals surface area contributed by atoms with Crippen molar-refractivity contribution in [2.75, 3.05) is 5.32 Å². The van der Waals surface area contributed by atoms with Crippen molar-refractivity contribution in [2.45, 2.75) is 17.1 Å². The van der Waals surface area contributed by atoms with Crippen LogP contribution in [0.2, 0.25) is 0 Å². The quantitative estimate of drug-likeness (QED) is 0.860. The van der Waals surface area contributed by atoms with Crippen molar-refractivity contribution < 1.29 is 13.6 Å². The Balaban J connectivity index is 1.99. The topological polar surface area (TPSA) is 29.1 Å². The van der Waals surface area contributed by atoms with Crippen LogP contribution in [0.25, 0.3) is 0 Å². The van der Waals surface area contributed by atoms with Gasteiger partial charge in [-0.05, 0) is 31.2 Å². The number of carbonyl (C=O) groups is 1. The largest absolute Gasteiger partial charge is 0.325 e. The number of benzene rings is 2. The highest BCUT2D eigenvalue weighted by Crippen LogP contribution is 2.24. The van der Waals surface area contributed by atoms with Gasteiger partial charge in [0.15, 0.2) is 11.6 Å². The molecule has 2 rings (SSSR count). The van der Waals surface area contributed by atoms with E-state index in [0.29, 0.717) is 0 Å². The third-order valence-electron chi connectivity index (χ3n) is 2.61. The lowest BCUT2D eigenvalue weighted by Gasteiger charge is -2.12. The van der Waals surface area contributed by atoms with Crippen LogP contribution in [-0.4, -0.2) is 11.2 Å². The Morgan fingerprint density at radius 2 is 1.80 bits per heavy atom. The lowest BCUT2D eigenvalue weighted by atomic mass is 10.3. The number of nitrogens with one attached hydrogen (secondary N) is 1. The number of hydrogen-bond acceptors (Lipinski definition) is 2. The van der Waals surface area contributed by atoms with Gasteiger partial charge in [0, 0.05) is 16.6 Å². The zero-order valence-corrected chi connectivity index (χ0v) is 11.6. The molecule has 0 heterocycles. The van der Waals surface area contributed by atoms with Crippen LogP contribution in [0.1, 0.15) is 6.92 Å². The SMILES string of the molecule is C[C@H](Sc1ccccc1)C(=O)Nc1ccc(F)c(F)c1. The predicted molar refractivity (Wildman–Crippen MR) is 76.7 cm³/mol. The maximum atomic E-state index is 13.0. The standard InChI is InChI=1S/C15H13F2NOS/c1-10(20-12-5-3-2-4-6-12)15(19)18-11-7-8-13(16)14(17)9-11/h2-10H,1H3,(H,18,19)/t10-/m0/s1. The lowest BCUT2D eigenvalue weighted by molar-refractivity contribution is -0.115. The fraction of sp³-hybridized carbons (Fsp3) is 0.133. The molecule has 5 heteroatoms. The minimum atomic E-state index is -0.980. The number of hydrogen-bond donors (Lipinski definition) is 1. The number of thioether (sulfide) groups is 1. The Bertz CT molecular complexity index is 604. The number of anilines is 1. The van der Waals surface area contributed by atoms with Gasteiger partial charge < -0.3 is 5.32 Å². The fourth-order valence-corrected chi connectivity index (χ4v) is 2.46. The molecule has 1 amide bonds. The van der Waals surface area contributed by atoms with Crippen LogP contribution >= 0.6 is 11.8 Å². The average Bonchev–Trinajstić information content (AvgIpc) is 2.44. The summed E-state index contributed by atoms with van der Waals surface area (Å²) in [5.74, 6) is -2.18. The normalized spacial score (nSPS) is 11.9. The molecule has 0 unspecified atom stereocenters. The third kappa shape index (κ3) is 3.81. The van der Waals surface area contributed by atoms with Crippen molar-refractivity contribution in [1.82, 2.24) is 0 Å². The molecule has 20 heavy (non-hydrogen) atoms. The number of amides is 1. The Morgan fingerprint density at radius 3 is 2.45 bits per heavy atom. The second kappa shape index (κ2) is 6.52. The molecule has 104 valence electrons. The van der Waals surface area contributed by atoms with Crippen molar-refractivity contribution in [3.8, 4) is 0 Å². The molecule has 0 aromatic heterocycles. The molecule has 0 bridgehead atoms. The highest BCUT2D eigenvalue weighted by atomic mass is 32.2. The molecule has 2 aromatic carbocycles. The molecule has 0 aliphatic heterocycles. The summed E-state index contributed by atoms with van der Waals surface area (Å²) >= 11 is 1.40. The van der Waals surface area contributed by atoms with Crippen LogP contribution in [0.15, 0.2) is 53.4 Å². The molecule has 2 aromatic rings. The zero-order chi connectivity index (χ0) is 14.5. The Labute approximate surface area is 120 Å². The van der Waals surface area contributed by atoms with Gasteiger partial charge in [-0.2, -0.15) is 0 Å². The number of rotatable bonds is 4. The summed E-state index contributed by atoms with van der Waals surface area (Å²) in [5.41, 5.74) is 0.245. The summed E-state index contributed by atoms with van der Waals surface area (Å²) in [6.45, 7) is 1.76. The summed E-state index contributed by atoms with van der Waals surface area (Å²) in [4.78, 5) is 12.9. The van der Waals surface area contributed by atoms with E-state index >= 15 is 0 Å². The summed E-state index contributed by atoms with van der Waals surface area (Å²) < 4.78 is 25.8.